The van der Waals surface area contributed by atoms with E-state index in [2.05, 4.69) is 10.3 Å². The number of nitrogens with zero attached hydrogens (tertiary/aromatic N) is 1. The summed E-state index contributed by atoms with van der Waals surface area (Å²) < 4.78 is 7.67. The number of benzene rings is 2. The molecule has 5 heteroatoms. The molecule has 0 radical (unpaired) electrons. The molecule has 23 heavy (non-hydrogen) atoms. The highest BCUT2D eigenvalue weighted by molar-refractivity contribution is 5.81. The Kier molecular flexibility index (Phi) is 3.63. The maximum atomic E-state index is 12.3. The van der Waals surface area contributed by atoms with E-state index in [1.54, 1.807) is 4.57 Å². The molecule has 0 atom stereocenters. The molecule has 5 nitrogen and oxygen atoms in total. The average molecular weight is 309 g/mol. The number of ether oxygens (including phenoxy) is 1. The van der Waals surface area contributed by atoms with Gasteiger partial charge in [-0.2, -0.15) is 0 Å². The summed E-state index contributed by atoms with van der Waals surface area (Å²) in [6.07, 6.45) is 0. The summed E-state index contributed by atoms with van der Waals surface area (Å²) >= 11 is 0. The predicted octanol–water partition coefficient (Wildman–Crippen LogP) is 1.98. The van der Waals surface area contributed by atoms with Crippen molar-refractivity contribution in [3.63, 3.8) is 0 Å². The van der Waals surface area contributed by atoms with Gasteiger partial charge in [-0.15, -0.1) is 0 Å². The first-order chi connectivity index (χ1) is 11.3. The SMILES string of the molecule is O=c1[nH]c2c(OCC3CNC3)cccc2n1Cc1ccccc1. The van der Waals surface area contributed by atoms with Gasteiger partial charge in [0.1, 0.15) is 11.3 Å². The molecule has 0 bridgehead atoms. The second-order valence-electron chi connectivity index (χ2n) is 5.99. The molecule has 1 fully saturated rings. The van der Waals surface area contributed by atoms with Gasteiger partial charge in [0.05, 0.1) is 18.7 Å². The van der Waals surface area contributed by atoms with Crippen LogP contribution in [0.25, 0.3) is 11.0 Å². The summed E-state index contributed by atoms with van der Waals surface area (Å²) in [5, 5.41) is 3.23. The van der Waals surface area contributed by atoms with Crippen LogP contribution in [-0.2, 0) is 6.54 Å². The third-order valence-corrected chi connectivity index (χ3v) is 4.30. The molecular weight excluding hydrogens is 290 g/mol. The van der Waals surface area contributed by atoms with Gasteiger partial charge in [-0.3, -0.25) is 4.57 Å². The number of imidazole rings is 1. The van der Waals surface area contributed by atoms with Crippen LogP contribution >= 0.6 is 0 Å². The smallest absolute Gasteiger partial charge is 0.326 e. The van der Waals surface area contributed by atoms with Crippen LogP contribution in [0.4, 0.5) is 0 Å². The van der Waals surface area contributed by atoms with Gasteiger partial charge in [-0.1, -0.05) is 36.4 Å². The Hall–Kier alpha value is -2.53. The first kappa shape index (κ1) is 14.1. The second-order valence-corrected chi connectivity index (χ2v) is 5.99. The van der Waals surface area contributed by atoms with Crippen molar-refractivity contribution in [2.24, 2.45) is 5.92 Å². The van der Waals surface area contributed by atoms with E-state index in [1.165, 1.54) is 0 Å². The normalized spacial score (nSPS) is 14.8. The zero-order chi connectivity index (χ0) is 15.6. The molecule has 2 N–H and O–H groups in total. The first-order valence-corrected chi connectivity index (χ1v) is 7.90. The highest BCUT2D eigenvalue weighted by Crippen LogP contribution is 2.24. The molecule has 4 rings (SSSR count). The summed E-state index contributed by atoms with van der Waals surface area (Å²) in [5.74, 6) is 1.31. The van der Waals surface area contributed by atoms with Gasteiger partial charge in [-0.25, -0.2) is 4.79 Å². The Bertz CT molecular complexity index is 863. The van der Waals surface area contributed by atoms with Gasteiger partial charge in [0.15, 0.2) is 0 Å². The van der Waals surface area contributed by atoms with E-state index in [1.807, 2.05) is 48.5 Å². The average Bonchev–Trinajstić information content (AvgIpc) is 2.84. The number of aromatic amines is 1. The Morgan fingerprint density at radius 3 is 2.65 bits per heavy atom. The predicted molar refractivity (Wildman–Crippen MR) is 90.0 cm³/mol. The zero-order valence-electron chi connectivity index (χ0n) is 12.8. The van der Waals surface area contributed by atoms with Crippen LogP contribution in [0.3, 0.4) is 0 Å². The van der Waals surface area contributed by atoms with Gasteiger partial charge in [0.25, 0.3) is 0 Å². The van der Waals surface area contributed by atoms with E-state index < -0.39 is 0 Å². The zero-order valence-corrected chi connectivity index (χ0v) is 12.8. The summed E-state index contributed by atoms with van der Waals surface area (Å²) in [7, 11) is 0. The fraction of sp³-hybridized carbons (Fsp3) is 0.278. The van der Waals surface area contributed by atoms with Gasteiger partial charge in [0, 0.05) is 19.0 Å². The Morgan fingerprint density at radius 2 is 1.91 bits per heavy atom. The summed E-state index contributed by atoms with van der Waals surface area (Å²) in [5.41, 5.74) is 2.65. The van der Waals surface area contributed by atoms with E-state index in [0.29, 0.717) is 19.1 Å². The van der Waals surface area contributed by atoms with Crippen LogP contribution in [0.2, 0.25) is 0 Å². The minimum Gasteiger partial charge on any atom is -0.491 e. The third kappa shape index (κ3) is 2.75. The molecule has 0 amide bonds. The number of hydrogen-bond acceptors (Lipinski definition) is 3. The van der Waals surface area contributed by atoms with E-state index in [4.69, 9.17) is 4.74 Å². The number of fused-ring (bicyclic) bond motifs is 1. The highest BCUT2D eigenvalue weighted by atomic mass is 16.5. The van der Waals surface area contributed by atoms with Crippen LogP contribution in [0, 0.1) is 5.92 Å². The molecule has 2 aromatic carbocycles. The van der Waals surface area contributed by atoms with Crippen molar-refractivity contribution in [2.75, 3.05) is 19.7 Å². The van der Waals surface area contributed by atoms with Gasteiger partial charge < -0.3 is 15.0 Å². The summed E-state index contributed by atoms with van der Waals surface area (Å²) in [6.45, 7) is 3.23. The Balaban J connectivity index is 1.66. The monoisotopic (exact) mass is 309 g/mol. The van der Waals surface area contributed by atoms with Crippen molar-refractivity contribution in [1.29, 1.82) is 0 Å². The van der Waals surface area contributed by atoms with Crippen molar-refractivity contribution < 1.29 is 4.74 Å². The number of para-hydroxylation sites is 1. The van der Waals surface area contributed by atoms with Gasteiger partial charge in [-0.05, 0) is 17.7 Å². The number of H-pyrrole nitrogens is 1. The van der Waals surface area contributed by atoms with E-state index in [9.17, 15) is 4.79 Å². The minimum absolute atomic E-state index is 0.106. The second kappa shape index (κ2) is 5.93. The molecular formula is C18H19N3O2. The molecule has 1 aliphatic rings. The lowest BCUT2D eigenvalue weighted by molar-refractivity contribution is 0.200. The topological polar surface area (TPSA) is 59.1 Å². The number of hydrogen-bond donors (Lipinski definition) is 2. The molecule has 1 aromatic heterocycles. The molecule has 3 aromatic rings. The van der Waals surface area contributed by atoms with Crippen LogP contribution < -0.4 is 15.7 Å². The Labute approximate surface area is 133 Å². The van der Waals surface area contributed by atoms with Crippen molar-refractivity contribution in [1.82, 2.24) is 14.9 Å². The molecule has 118 valence electrons. The molecule has 1 aliphatic heterocycles. The molecule has 0 spiro atoms. The molecule has 1 saturated heterocycles. The minimum atomic E-state index is -0.106. The fourth-order valence-corrected chi connectivity index (χ4v) is 2.87. The Morgan fingerprint density at radius 1 is 1.09 bits per heavy atom. The lowest BCUT2D eigenvalue weighted by atomic mass is 10.1. The maximum Gasteiger partial charge on any atom is 0.326 e. The lowest BCUT2D eigenvalue weighted by Crippen LogP contribution is -2.45. The molecule has 2 heterocycles. The van der Waals surface area contributed by atoms with Crippen LogP contribution in [-0.4, -0.2) is 29.2 Å². The maximum absolute atomic E-state index is 12.3. The molecule has 0 saturated carbocycles. The number of nitrogens with one attached hydrogen (secondary N) is 2. The number of aromatic nitrogens is 2. The molecule has 0 unspecified atom stereocenters. The van der Waals surface area contributed by atoms with E-state index in [0.717, 1.165) is 35.4 Å². The van der Waals surface area contributed by atoms with Crippen molar-refractivity contribution >= 4 is 11.0 Å². The summed E-state index contributed by atoms with van der Waals surface area (Å²) in [4.78, 5) is 15.3. The van der Waals surface area contributed by atoms with Gasteiger partial charge >= 0.3 is 5.69 Å². The van der Waals surface area contributed by atoms with Gasteiger partial charge in [0.2, 0.25) is 0 Å². The highest BCUT2D eigenvalue weighted by Gasteiger charge is 2.18. The van der Waals surface area contributed by atoms with E-state index >= 15 is 0 Å². The molecule has 0 aliphatic carbocycles. The van der Waals surface area contributed by atoms with E-state index in [-0.39, 0.29) is 5.69 Å². The fourth-order valence-electron chi connectivity index (χ4n) is 2.87. The lowest BCUT2D eigenvalue weighted by Gasteiger charge is -2.26. The van der Waals surface area contributed by atoms with Crippen LogP contribution in [0.1, 0.15) is 5.56 Å². The van der Waals surface area contributed by atoms with Crippen LogP contribution in [0.15, 0.2) is 53.3 Å². The number of rotatable bonds is 5. The third-order valence-electron chi connectivity index (χ3n) is 4.30. The first-order valence-electron chi connectivity index (χ1n) is 7.90. The van der Waals surface area contributed by atoms with Crippen molar-refractivity contribution in [3.05, 3.63) is 64.6 Å². The summed E-state index contributed by atoms with van der Waals surface area (Å²) in [6, 6.07) is 15.8. The van der Waals surface area contributed by atoms with Crippen molar-refractivity contribution in [2.45, 2.75) is 6.54 Å². The largest absolute Gasteiger partial charge is 0.491 e. The standard InChI is InChI=1S/C18H19N3O2/c22-18-20-17-15(21(18)11-13-5-2-1-3-6-13)7-4-8-16(17)23-12-14-9-19-10-14/h1-8,14,19H,9-12H2,(H,20,22). The van der Waals surface area contributed by atoms with Crippen LogP contribution in [0.5, 0.6) is 5.75 Å². The van der Waals surface area contributed by atoms with Crippen molar-refractivity contribution in [3.8, 4) is 5.75 Å². The quantitative estimate of drug-likeness (QED) is 0.757.